The van der Waals surface area contributed by atoms with E-state index >= 15 is 0 Å². The minimum absolute atomic E-state index is 0.0186. The van der Waals surface area contributed by atoms with E-state index in [0.717, 1.165) is 38.9 Å². The number of aliphatic hydroxyl groups is 1. The van der Waals surface area contributed by atoms with Gasteiger partial charge in [0.2, 0.25) is 0 Å². The van der Waals surface area contributed by atoms with Gasteiger partial charge in [0.15, 0.2) is 17.4 Å². The van der Waals surface area contributed by atoms with Crippen LogP contribution >= 0.6 is 0 Å². The zero-order valence-electron chi connectivity index (χ0n) is 35.0. The summed E-state index contributed by atoms with van der Waals surface area (Å²) >= 11 is 0. The lowest BCUT2D eigenvalue weighted by Crippen LogP contribution is -2.46. The SMILES string of the molecule is O=c1c2ncn([C@@H]3O[C@H](COC(c4ccccc4)(c4ccccc4)c4ccccc4)[C@@H](OC(c4ccccc4)(c4ccccc4)c4ccccc4)[C@H]3O)c2ncn1Cc1ccccc1. The Kier molecular flexibility index (Phi) is 11.4. The molecule has 10 rings (SSSR count). The van der Waals surface area contributed by atoms with Gasteiger partial charge >= 0.3 is 0 Å². The summed E-state index contributed by atoms with van der Waals surface area (Å²) in [4.78, 5) is 23.3. The van der Waals surface area contributed by atoms with Crippen molar-refractivity contribution < 1.29 is 19.3 Å². The highest BCUT2D eigenvalue weighted by Gasteiger charge is 2.52. The summed E-state index contributed by atoms with van der Waals surface area (Å²) in [7, 11) is 0. The average Bonchev–Trinajstić information content (AvgIpc) is 3.94. The Labute approximate surface area is 371 Å². The van der Waals surface area contributed by atoms with Gasteiger partial charge in [-0.2, -0.15) is 0 Å². The van der Waals surface area contributed by atoms with E-state index in [4.69, 9.17) is 19.2 Å². The molecule has 4 atom stereocenters. The first-order valence-corrected chi connectivity index (χ1v) is 21.5. The Balaban J connectivity index is 1.12. The number of ether oxygens (including phenoxy) is 3. The number of hydrogen-bond donors (Lipinski definition) is 1. The third kappa shape index (κ3) is 7.44. The second-order valence-corrected chi connectivity index (χ2v) is 16.0. The van der Waals surface area contributed by atoms with Crippen LogP contribution in [0.5, 0.6) is 0 Å². The fraction of sp³-hybridized carbons (Fsp3) is 0.145. The first-order chi connectivity index (χ1) is 31.6. The molecule has 0 radical (unpaired) electrons. The van der Waals surface area contributed by atoms with Crippen LogP contribution in [-0.2, 0) is 32.0 Å². The molecule has 1 N–H and O–H groups in total. The van der Waals surface area contributed by atoms with Crippen LogP contribution in [0.2, 0.25) is 0 Å². The van der Waals surface area contributed by atoms with E-state index in [1.807, 2.05) is 176 Å². The molecule has 3 heterocycles. The summed E-state index contributed by atoms with van der Waals surface area (Å²) in [6.45, 7) is 0.315. The molecule has 0 spiro atoms. The first-order valence-electron chi connectivity index (χ1n) is 21.5. The van der Waals surface area contributed by atoms with Gasteiger partial charge in [0.1, 0.15) is 35.8 Å². The van der Waals surface area contributed by atoms with Crippen LogP contribution in [0.25, 0.3) is 11.2 Å². The summed E-state index contributed by atoms with van der Waals surface area (Å²) in [5, 5.41) is 12.9. The molecule has 1 aliphatic rings. The van der Waals surface area contributed by atoms with Crippen molar-refractivity contribution in [3.63, 3.8) is 0 Å². The number of imidazole rings is 1. The van der Waals surface area contributed by atoms with E-state index in [2.05, 4.69) is 41.4 Å². The fourth-order valence-electron chi connectivity index (χ4n) is 9.16. The molecule has 0 bridgehead atoms. The van der Waals surface area contributed by atoms with E-state index in [9.17, 15) is 9.90 Å². The molecule has 2 aromatic heterocycles. The number of aromatic nitrogens is 4. The van der Waals surface area contributed by atoms with Crippen molar-refractivity contribution in [2.45, 2.75) is 42.3 Å². The van der Waals surface area contributed by atoms with Gasteiger partial charge in [-0.1, -0.05) is 212 Å². The predicted octanol–water partition coefficient (Wildman–Crippen LogP) is 9.29. The molecule has 1 aliphatic heterocycles. The van der Waals surface area contributed by atoms with Crippen LogP contribution in [0.15, 0.2) is 230 Å². The normalized spacial score (nSPS) is 17.7. The van der Waals surface area contributed by atoms with Gasteiger partial charge < -0.3 is 19.3 Å². The summed E-state index contributed by atoms with van der Waals surface area (Å²) < 4.78 is 25.3. The van der Waals surface area contributed by atoms with Gasteiger partial charge in [-0.05, 0) is 38.9 Å². The van der Waals surface area contributed by atoms with E-state index < -0.39 is 35.7 Å². The van der Waals surface area contributed by atoms with Crippen LogP contribution in [0.4, 0.5) is 0 Å². The van der Waals surface area contributed by atoms with Crippen molar-refractivity contribution in [1.29, 1.82) is 0 Å². The van der Waals surface area contributed by atoms with Crippen LogP contribution in [0.1, 0.15) is 45.2 Å². The molecule has 1 fully saturated rings. The minimum atomic E-state index is -1.30. The second-order valence-electron chi connectivity index (χ2n) is 16.0. The molecule has 0 aliphatic carbocycles. The molecule has 9 heteroatoms. The molecule has 9 aromatic rings. The van der Waals surface area contributed by atoms with Gasteiger partial charge in [0.05, 0.1) is 19.5 Å². The lowest BCUT2D eigenvalue weighted by Gasteiger charge is -2.41. The molecule has 0 saturated carbocycles. The van der Waals surface area contributed by atoms with Gasteiger partial charge in [-0.15, -0.1) is 0 Å². The Morgan fingerprint density at radius 1 is 0.531 bits per heavy atom. The largest absolute Gasteiger partial charge is 0.386 e. The monoisotopic (exact) mass is 842 g/mol. The molecular formula is C55H46N4O5. The van der Waals surface area contributed by atoms with E-state index in [1.165, 1.54) is 17.2 Å². The third-order valence-electron chi connectivity index (χ3n) is 12.2. The zero-order valence-corrected chi connectivity index (χ0v) is 35.0. The molecule has 316 valence electrons. The maximum absolute atomic E-state index is 13.9. The number of nitrogens with zero attached hydrogens (tertiary/aromatic N) is 4. The highest BCUT2D eigenvalue weighted by molar-refractivity contribution is 5.69. The Morgan fingerprint density at radius 3 is 1.38 bits per heavy atom. The van der Waals surface area contributed by atoms with Crippen molar-refractivity contribution in [1.82, 2.24) is 19.1 Å². The van der Waals surface area contributed by atoms with Crippen LogP contribution < -0.4 is 5.56 Å². The fourth-order valence-corrected chi connectivity index (χ4v) is 9.16. The van der Waals surface area contributed by atoms with Crippen LogP contribution in [-0.4, -0.2) is 49.1 Å². The van der Waals surface area contributed by atoms with Gasteiger partial charge in [-0.3, -0.25) is 13.9 Å². The molecule has 64 heavy (non-hydrogen) atoms. The topological polar surface area (TPSA) is 101 Å². The minimum Gasteiger partial charge on any atom is -0.386 e. The van der Waals surface area contributed by atoms with E-state index in [-0.39, 0.29) is 23.3 Å². The van der Waals surface area contributed by atoms with E-state index in [1.54, 1.807) is 4.57 Å². The van der Waals surface area contributed by atoms with Crippen molar-refractivity contribution in [2.75, 3.05) is 6.61 Å². The molecule has 7 aromatic carbocycles. The first kappa shape index (κ1) is 40.8. The van der Waals surface area contributed by atoms with Crippen LogP contribution in [0, 0.1) is 0 Å². The summed E-state index contributed by atoms with van der Waals surface area (Å²) in [6.07, 6.45) is -1.22. The number of hydrogen-bond acceptors (Lipinski definition) is 7. The summed E-state index contributed by atoms with van der Waals surface area (Å²) in [6, 6.07) is 70.3. The Hall–Kier alpha value is -7.27. The number of benzene rings is 7. The van der Waals surface area contributed by atoms with Gasteiger partial charge in [0.25, 0.3) is 5.56 Å². The predicted molar refractivity (Wildman–Crippen MR) is 246 cm³/mol. The standard InChI is InChI=1S/C55H46N4O5/c60-49-50(64-55(44-30-16-5-17-31-44,45-32-18-6-19-33-45)46-34-20-7-21-35-46)47(63-53(49)59-39-56-48-51(59)57-38-58(52(48)61)36-40-22-8-1-9-23-40)37-62-54(41-24-10-2-11-25-41,42-26-12-3-13-27-42)43-28-14-4-15-29-43/h1-35,38-39,47,49-50,53,60H,36-37H2/t47-,49-,50-,53-/m1/s1. The number of fused-ring (bicyclic) bond motifs is 1. The quantitative estimate of drug-likeness (QED) is 0.109. The smallest absolute Gasteiger partial charge is 0.281 e. The average molecular weight is 843 g/mol. The maximum atomic E-state index is 13.9. The molecule has 9 nitrogen and oxygen atoms in total. The number of rotatable bonds is 14. The highest BCUT2D eigenvalue weighted by Crippen LogP contribution is 2.47. The molecule has 0 unspecified atom stereocenters. The Bertz CT molecular complexity index is 2780. The maximum Gasteiger partial charge on any atom is 0.281 e. The lowest BCUT2D eigenvalue weighted by atomic mass is 9.79. The summed E-state index contributed by atoms with van der Waals surface area (Å²) in [5.74, 6) is 0. The number of aliphatic hydroxyl groups excluding tert-OH is 1. The van der Waals surface area contributed by atoms with Crippen LogP contribution in [0.3, 0.4) is 0 Å². The van der Waals surface area contributed by atoms with E-state index in [0.29, 0.717) is 6.54 Å². The third-order valence-corrected chi connectivity index (χ3v) is 12.2. The lowest BCUT2D eigenvalue weighted by molar-refractivity contribution is -0.131. The van der Waals surface area contributed by atoms with Crippen molar-refractivity contribution in [3.05, 3.63) is 274 Å². The molecular weight excluding hydrogens is 797 g/mol. The second kappa shape index (κ2) is 17.8. The zero-order chi connectivity index (χ0) is 43.4. The van der Waals surface area contributed by atoms with Gasteiger partial charge in [-0.25, -0.2) is 9.97 Å². The summed E-state index contributed by atoms with van der Waals surface area (Å²) in [5.41, 5.74) is 4.14. The van der Waals surface area contributed by atoms with Crippen molar-refractivity contribution in [3.8, 4) is 0 Å². The van der Waals surface area contributed by atoms with Crippen molar-refractivity contribution in [2.24, 2.45) is 0 Å². The Morgan fingerprint density at radius 2 is 0.938 bits per heavy atom. The molecule has 1 saturated heterocycles. The van der Waals surface area contributed by atoms with Gasteiger partial charge in [0, 0.05) is 0 Å². The molecule has 0 amide bonds. The van der Waals surface area contributed by atoms with Crippen molar-refractivity contribution >= 4 is 11.2 Å². The highest BCUT2D eigenvalue weighted by atomic mass is 16.6.